The van der Waals surface area contributed by atoms with Gasteiger partial charge in [0.2, 0.25) is 6.10 Å². The Morgan fingerprint density at radius 2 is 1.74 bits per heavy atom. The lowest BCUT2D eigenvalue weighted by Crippen LogP contribution is -2.32. The van der Waals surface area contributed by atoms with E-state index in [1.165, 1.54) is 7.11 Å². The smallest absolute Gasteiger partial charge is 0.348 e. The first-order chi connectivity index (χ1) is 17.1. The Balaban J connectivity index is 1.57. The van der Waals surface area contributed by atoms with Crippen molar-refractivity contribution in [2.24, 2.45) is 0 Å². The summed E-state index contributed by atoms with van der Waals surface area (Å²) in [6.07, 6.45) is -1.04. The molecule has 178 valence electrons. The minimum absolute atomic E-state index is 0.187. The molecule has 1 aliphatic heterocycles. The third-order valence-electron chi connectivity index (χ3n) is 5.96. The van der Waals surface area contributed by atoms with E-state index in [0.717, 1.165) is 5.56 Å². The van der Waals surface area contributed by atoms with E-state index in [4.69, 9.17) is 23.4 Å². The average molecular weight is 472 g/mol. The van der Waals surface area contributed by atoms with E-state index in [1.54, 1.807) is 43.3 Å². The van der Waals surface area contributed by atoms with Crippen LogP contribution in [0.3, 0.4) is 0 Å². The Bertz CT molecular complexity index is 1420. The predicted octanol–water partition coefficient (Wildman–Crippen LogP) is 4.84. The molecule has 7 heteroatoms. The van der Waals surface area contributed by atoms with Crippen LogP contribution >= 0.6 is 0 Å². The molecule has 0 radical (unpaired) electrons. The number of hydrogen-bond acceptors (Lipinski definition) is 7. The van der Waals surface area contributed by atoms with Crippen molar-refractivity contribution < 1.29 is 28.2 Å². The van der Waals surface area contributed by atoms with E-state index in [-0.39, 0.29) is 12.2 Å². The number of rotatable bonds is 7. The molecule has 1 aliphatic rings. The third-order valence-corrected chi connectivity index (χ3v) is 5.96. The molecule has 2 atom stereocenters. The molecule has 0 fully saturated rings. The number of carbonyl (C=O) groups excluding carboxylic acids is 1. The molecule has 3 aromatic carbocycles. The van der Waals surface area contributed by atoms with Crippen LogP contribution in [-0.2, 0) is 16.1 Å². The van der Waals surface area contributed by atoms with Gasteiger partial charge in [-0.1, -0.05) is 48.5 Å². The fourth-order valence-electron chi connectivity index (χ4n) is 4.36. The molecule has 0 aliphatic carbocycles. The summed E-state index contributed by atoms with van der Waals surface area (Å²) in [5.74, 6) is 0.0583. The molecule has 7 nitrogen and oxygen atoms in total. The Morgan fingerprint density at radius 3 is 2.51 bits per heavy atom. The largest absolute Gasteiger partial charge is 0.493 e. The summed E-state index contributed by atoms with van der Waals surface area (Å²) in [5.41, 5.74) is 1.78. The van der Waals surface area contributed by atoms with E-state index in [0.29, 0.717) is 40.4 Å². The maximum absolute atomic E-state index is 13.1. The number of para-hydroxylation sites is 1. The predicted molar refractivity (Wildman–Crippen MR) is 129 cm³/mol. The normalized spacial score (nSPS) is 16.4. The highest BCUT2D eigenvalue weighted by atomic mass is 16.6. The zero-order valence-electron chi connectivity index (χ0n) is 19.4. The van der Waals surface area contributed by atoms with Crippen LogP contribution in [0.2, 0.25) is 0 Å². The first-order valence-corrected chi connectivity index (χ1v) is 11.3. The van der Waals surface area contributed by atoms with Crippen molar-refractivity contribution in [2.75, 3.05) is 13.7 Å². The van der Waals surface area contributed by atoms with Gasteiger partial charge < -0.3 is 23.4 Å². The number of hydrogen-bond donors (Lipinski definition) is 0. The van der Waals surface area contributed by atoms with Crippen molar-refractivity contribution in [3.05, 3.63) is 99.9 Å². The lowest BCUT2D eigenvalue weighted by Gasteiger charge is -2.19. The van der Waals surface area contributed by atoms with Gasteiger partial charge in [-0.2, -0.15) is 0 Å². The van der Waals surface area contributed by atoms with Crippen molar-refractivity contribution in [1.29, 1.82) is 0 Å². The number of benzene rings is 3. The summed E-state index contributed by atoms with van der Waals surface area (Å²) in [7, 11) is 1.54. The molecule has 5 rings (SSSR count). The minimum atomic E-state index is -1.04. The highest BCUT2D eigenvalue weighted by molar-refractivity contribution is 5.88. The van der Waals surface area contributed by atoms with Crippen LogP contribution in [0, 0.1) is 0 Å². The van der Waals surface area contributed by atoms with Gasteiger partial charge in [0.25, 0.3) is 0 Å². The first-order valence-electron chi connectivity index (χ1n) is 11.3. The van der Waals surface area contributed by atoms with Gasteiger partial charge in [-0.25, -0.2) is 9.59 Å². The molecule has 4 aromatic rings. The molecule has 0 saturated heterocycles. The summed E-state index contributed by atoms with van der Waals surface area (Å²) in [6, 6.07) is 22.2. The number of carbonyl (C=O) groups is 1. The number of fused-ring (bicyclic) bond motifs is 3. The lowest BCUT2D eigenvalue weighted by molar-refractivity contribution is -0.151. The van der Waals surface area contributed by atoms with E-state index in [2.05, 4.69) is 0 Å². The lowest BCUT2D eigenvalue weighted by atomic mass is 9.88. The fraction of sp³-hybridized carbons (Fsp3) is 0.214. The van der Waals surface area contributed by atoms with Gasteiger partial charge in [0.15, 0.2) is 11.5 Å². The summed E-state index contributed by atoms with van der Waals surface area (Å²) in [4.78, 5) is 26.0. The van der Waals surface area contributed by atoms with Crippen LogP contribution in [0.4, 0.5) is 0 Å². The van der Waals surface area contributed by atoms with Gasteiger partial charge in [-0.3, -0.25) is 0 Å². The Morgan fingerprint density at radius 1 is 0.971 bits per heavy atom. The highest BCUT2D eigenvalue weighted by Crippen LogP contribution is 2.46. The monoisotopic (exact) mass is 472 g/mol. The summed E-state index contributed by atoms with van der Waals surface area (Å²) < 4.78 is 28.5. The molecule has 0 spiro atoms. The van der Waals surface area contributed by atoms with Crippen molar-refractivity contribution in [1.82, 2.24) is 0 Å². The van der Waals surface area contributed by atoms with Crippen molar-refractivity contribution in [2.45, 2.75) is 25.6 Å². The second-order valence-corrected chi connectivity index (χ2v) is 8.08. The van der Waals surface area contributed by atoms with E-state index in [1.807, 2.05) is 36.4 Å². The SMILES string of the molecule is CCOC(=O)[C@@H]1Oc2c(c(=O)oc3ccccc23)[C@H]1c1ccc(OCc2ccccc2)c(OC)c1. The maximum atomic E-state index is 13.1. The quantitative estimate of drug-likeness (QED) is 0.281. The van der Waals surface area contributed by atoms with Gasteiger partial charge in [0, 0.05) is 0 Å². The molecular weight excluding hydrogens is 448 g/mol. The van der Waals surface area contributed by atoms with Crippen molar-refractivity contribution in [3.8, 4) is 17.2 Å². The Labute approximate surface area is 201 Å². The van der Waals surface area contributed by atoms with E-state index in [9.17, 15) is 9.59 Å². The van der Waals surface area contributed by atoms with Gasteiger partial charge in [-0.05, 0) is 42.3 Å². The van der Waals surface area contributed by atoms with Gasteiger partial charge in [0.1, 0.15) is 17.9 Å². The summed E-state index contributed by atoms with van der Waals surface area (Å²) in [5, 5.41) is 0.619. The second kappa shape index (κ2) is 9.54. The van der Waals surface area contributed by atoms with Crippen LogP contribution in [0.15, 0.2) is 82.0 Å². The minimum Gasteiger partial charge on any atom is -0.493 e. The van der Waals surface area contributed by atoms with Crippen molar-refractivity contribution >= 4 is 16.9 Å². The Kier molecular flexibility index (Phi) is 6.14. The van der Waals surface area contributed by atoms with Gasteiger partial charge in [0.05, 0.1) is 30.6 Å². The summed E-state index contributed by atoms with van der Waals surface area (Å²) in [6.45, 7) is 2.28. The van der Waals surface area contributed by atoms with Crippen LogP contribution in [0.1, 0.15) is 29.5 Å². The van der Waals surface area contributed by atoms with Crippen molar-refractivity contribution in [3.63, 3.8) is 0 Å². The number of ether oxygens (including phenoxy) is 4. The standard InChI is InChI=1S/C28H24O7/c1-3-32-28(30)26-23(24-25(35-26)19-11-7-8-12-20(19)34-27(24)29)18-13-14-21(22(15-18)31-2)33-16-17-9-5-4-6-10-17/h4-15,23,26H,3,16H2,1-2H3/t23-,26-/m1/s1. The number of methoxy groups -OCH3 is 1. The number of esters is 1. The summed E-state index contributed by atoms with van der Waals surface area (Å²) >= 11 is 0. The molecule has 35 heavy (non-hydrogen) atoms. The molecule has 2 heterocycles. The highest BCUT2D eigenvalue weighted by Gasteiger charge is 2.45. The molecular formula is C28H24O7. The van der Waals surface area contributed by atoms with Crippen LogP contribution < -0.4 is 19.8 Å². The van der Waals surface area contributed by atoms with Crippen LogP contribution in [0.25, 0.3) is 11.0 Å². The van der Waals surface area contributed by atoms with Gasteiger partial charge >= 0.3 is 11.6 Å². The zero-order valence-corrected chi connectivity index (χ0v) is 19.4. The van der Waals surface area contributed by atoms with E-state index >= 15 is 0 Å². The Hall–Kier alpha value is -4.26. The maximum Gasteiger partial charge on any atom is 0.348 e. The molecule has 1 aromatic heterocycles. The first kappa shape index (κ1) is 22.5. The third kappa shape index (κ3) is 4.21. The molecule has 0 saturated carbocycles. The second-order valence-electron chi connectivity index (χ2n) is 8.08. The average Bonchev–Trinajstić information content (AvgIpc) is 3.30. The van der Waals surface area contributed by atoms with Gasteiger partial charge in [-0.15, -0.1) is 0 Å². The fourth-order valence-corrected chi connectivity index (χ4v) is 4.36. The topological polar surface area (TPSA) is 84.2 Å². The van der Waals surface area contributed by atoms with Crippen LogP contribution in [-0.4, -0.2) is 25.8 Å². The molecule has 0 amide bonds. The molecule has 0 N–H and O–H groups in total. The molecule has 0 unspecified atom stereocenters. The van der Waals surface area contributed by atoms with E-state index < -0.39 is 23.6 Å². The molecule has 0 bridgehead atoms. The van der Waals surface area contributed by atoms with Crippen LogP contribution in [0.5, 0.6) is 17.2 Å². The zero-order chi connectivity index (χ0) is 24.4.